The molecule has 1 heterocycles. The molecule has 6 heteroatoms. The first-order valence-electron chi connectivity index (χ1n) is 6.30. The highest BCUT2D eigenvalue weighted by Crippen LogP contribution is 2.14. The van der Waals surface area contributed by atoms with Gasteiger partial charge >= 0.3 is 0 Å². The van der Waals surface area contributed by atoms with Crippen LogP contribution in [0.3, 0.4) is 0 Å². The molecule has 4 nitrogen and oxygen atoms in total. The second kappa shape index (κ2) is 7.07. The summed E-state index contributed by atoms with van der Waals surface area (Å²) in [6.45, 7) is 5.27. The first-order chi connectivity index (χ1) is 7.97. The van der Waals surface area contributed by atoms with E-state index in [1.807, 2.05) is 13.8 Å². The molecule has 17 heavy (non-hydrogen) atoms. The topological polar surface area (TPSA) is 49.4 Å². The molecule has 1 aliphatic rings. The van der Waals surface area contributed by atoms with Crippen molar-refractivity contribution in [3.8, 4) is 0 Å². The molecule has 1 N–H and O–H groups in total. The number of hydrogen-bond acceptors (Lipinski definition) is 2. The highest BCUT2D eigenvalue weighted by atomic mass is 79.9. The summed E-state index contributed by atoms with van der Waals surface area (Å²) in [5, 5.41) is 0.802. The van der Waals surface area contributed by atoms with Crippen LogP contribution in [0.15, 0.2) is 0 Å². The third-order valence-electron chi connectivity index (χ3n) is 3.34. The van der Waals surface area contributed by atoms with Crippen molar-refractivity contribution in [2.75, 3.05) is 18.4 Å². The quantitative estimate of drug-likeness (QED) is 0.787. The van der Waals surface area contributed by atoms with Gasteiger partial charge in [-0.15, -0.1) is 0 Å². The van der Waals surface area contributed by atoms with Gasteiger partial charge in [-0.05, 0) is 25.7 Å². The molecule has 0 spiro atoms. The molecular formula is C11H23BrN2O2S. The maximum absolute atomic E-state index is 12.2. The Hall–Kier alpha value is 0.350. The van der Waals surface area contributed by atoms with Gasteiger partial charge < -0.3 is 0 Å². The van der Waals surface area contributed by atoms with Crippen molar-refractivity contribution in [3.63, 3.8) is 0 Å². The molecule has 1 saturated heterocycles. The molecule has 0 aromatic rings. The zero-order valence-corrected chi connectivity index (χ0v) is 13.1. The highest BCUT2D eigenvalue weighted by molar-refractivity contribution is 9.09. The molecule has 1 aliphatic heterocycles. The lowest BCUT2D eigenvalue weighted by Gasteiger charge is -2.25. The van der Waals surface area contributed by atoms with Crippen LogP contribution in [-0.2, 0) is 10.2 Å². The van der Waals surface area contributed by atoms with Crippen molar-refractivity contribution in [3.05, 3.63) is 0 Å². The van der Waals surface area contributed by atoms with Crippen molar-refractivity contribution in [2.24, 2.45) is 5.92 Å². The molecule has 1 fully saturated rings. The first kappa shape index (κ1) is 15.4. The Kier molecular flexibility index (Phi) is 6.40. The van der Waals surface area contributed by atoms with Crippen LogP contribution >= 0.6 is 15.9 Å². The SMILES string of the molecule is CC(CBr)C(C)NS(=O)(=O)N1CCCCCC1. The molecule has 2 atom stereocenters. The fraction of sp³-hybridized carbons (Fsp3) is 1.00. The Morgan fingerprint density at radius 2 is 1.71 bits per heavy atom. The lowest BCUT2D eigenvalue weighted by molar-refractivity contribution is 0.396. The Balaban J connectivity index is 2.60. The van der Waals surface area contributed by atoms with E-state index >= 15 is 0 Å². The number of rotatable bonds is 5. The fourth-order valence-electron chi connectivity index (χ4n) is 1.84. The van der Waals surface area contributed by atoms with Gasteiger partial charge in [-0.3, -0.25) is 0 Å². The zero-order chi connectivity index (χ0) is 12.9. The highest BCUT2D eigenvalue weighted by Gasteiger charge is 2.25. The monoisotopic (exact) mass is 326 g/mol. The van der Waals surface area contributed by atoms with Gasteiger partial charge in [0.15, 0.2) is 0 Å². The van der Waals surface area contributed by atoms with Gasteiger partial charge in [-0.1, -0.05) is 35.7 Å². The van der Waals surface area contributed by atoms with Crippen molar-refractivity contribution >= 4 is 26.1 Å². The lowest BCUT2D eigenvalue weighted by Crippen LogP contribution is -2.47. The van der Waals surface area contributed by atoms with Gasteiger partial charge in [0.2, 0.25) is 0 Å². The molecule has 0 aliphatic carbocycles. The summed E-state index contributed by atoms with van der Waals surface area (Å²) in [5.41, 5.74) is 0. The number of nitrogens with zero attached hydrogens (tertiary/aromatic N) is 1. The van der Waals surface area contributed by atoms with E-state index in [1.54, 1.807) is 4.31 Å². The summed E-state index contributed by atoms with van der Waals surface area (Å²) in [6.07, 6.45) is 4.23. The van der Waals surface area contributed by atoms with E-state index in [-0.39, 0.29) is 12.0 Å². The van der Waals surface area contributed by atoms with Crippen molar-refractivity contribution in [1.29, 1.82) is 0 Å². The molecule has 0 aromatic heterocycles. The van der Waals surface area contributed by atoms with Crippen molar-refractivity contribution in [1.82, 2.24) is 9.03 Å². The van der Waals surface area contributed by atoms with Crippen LogP contribution in [0.25, 0.3) is 0 Å². The van der Waals surface area contributed by atoms with Crippen LogP contribution in [0.1, 0.15) is 39.5 Å². The Morgan fingerprint density at radius 3 is 2.18 bits per heavy atom. The van der Waals surface area contributed by atoms with E-state index in [0.717, 1.165) is 31.0 Å². The van der Waals surface area contributed by atoms with Gasteiger partial charge in [-0.2, -0.15) is 17.4 Å². The minimum atomic E-state index is -3.30. The van der Waals surface area contributed by atoms with Gasteiger partial charge in [-0.25, -0.2) is 0 Å². The minimum Gasteiger partial charge on any atom is -0.199 e. The lowest BCUT2D eigenvalue weighted by atomic mass is 10.1. The number of alkyl halides is 1. The number of halogens is 1. The molecule has 1 rings (SSSR count). The second-order valence-corrected chi connectivity index (χ2v) is 7.21. The molecule has 0 radical (unpaired) electrons. The first-order valence-corrected chi connectivity index (χ1v) is 8.87. The molecule has 0 aromatic carbocycles. The summed E-state index contributed by atoms with van der Waals surface area (Å²) in [6, 6.07) is -0.0392. The van der Waals surface area contributed by atoms with E-state index in [1.165, 1.54) is 0 Å². The minimum absolute atomic E-state index is 0.0392. The Bertz CT molecular complexity index is 313. The van der Waals surface area contributed by atoms with Crippen LogP contribution in [0.2, 0.25) is 0 Å². The Labute approximate surface area is 113 Å². The fourth-order valence-corrected chi connectivity index (χ4v) is 3.99. The largest absolute Gasteiger partial charge is 0.279 e. The second-order valence-electron chi connectivity index (χ2n) is 4.86. The molecule has 2 unspecified atom stereocenters. The third-order valence-corrected chi connectivity index (χ3v) is 6.07. The zero-order valence-electron chi connectivity index (χ0n) is 10.7. The van der Waals surface area contributed by atoms with Crippen LogP contribution in [0.4, 0.5) is 0 Å². The van der Waals surface area contributed by atoms with E-state index < -0.39 is 10.2 Å². The standard InChI is InChI=1S/C11H23BrN2O2S/c1-10(9-12)11(2)13-17(15,16)14-7-5-3-4-6-8-14/h10-11,13H,3-9H2,1-2H3. The van der Waals surface area contributed by atoms with E-state index in [2.05, 4.69) is 20.7 Å². The van der Waals surface area contributed by atoms with E-state index in [4.69, 9.17) is 0 Å². The van der Waals surface area contributed by atoms with Gasteiger partial charge in [0.25, 0.3) is 10.2 Å². The maximum Gasteiger partial charge on any atom is 0.279 e. The maximum atomic E-state index is 12.2. The van der Waals surface area contributed by atoms with E-state index in [0.29, 0.717) is 13.1 Å². The average Bonchev–Trinajstić information content (AvgIpc) is 2.56. The van der Waals surface area contributed by atoms with Crippen LogP contribution < -0.4 is 4.72 Å². The van der Waals surface area contributed by atoms with Crippen molar-refractivity contribution < 1.29 is 8.42 Å². The third kappa shape index (κ3) is 4.85. The Morgan fingerprint density at radius 1 is 1.18 bits per heavy atom. The smallest absolute Gasteiger partial charge is 0.199 e. The predicted molar refractivity (Wildman–Crippen MR) is 74.5 cm³/mol. The van der Waals surface area contributed by atoms with Crippen LogP contribution in [0, 0.1) is 5.92 Å². The van der Waals surface area contributed by atoms with Gasteiger partial charge in [0, 0.05) is 24.5 Å². The molecule has 102 valence electrons. The summed E-state index contributed by atoms with van der Waals surface area (Å²) < 4.78 is 28.7. The van der Waals surface area contributed by atoms with Crippen LogP contribution in [0.5, 0.6) is 0 Å². The normalized spacial score (nSPS) is 23.0. The molecule has 0 bridgehead atoms. The summed E-state index contributed by atoms with van der Waals surface area (Å²) in [5.74, 6) is 0.289. The summed E-state index contributed by atoms with van der Waals surface area (Å²) in [7, 11) is -3.30. The average molecular weight is 327 g/mol. The predicted octanol–water partition coefficient (Wildman–Crippen LogP) is 2.12. The molecular weight excluding hydrogens is 304 g/mol. The summed E-state index contributed by atoms with van der Waals surface area (Å²) >= 11 is 3.38. The van der Waals surface area contributed by atoms with Crippen molar-refractivity contribution in [2.45, 2.75) is 45.6 Å². The van der Waals surface area contributed by atoms with Gasteiger partial charge in [0.05, 0.1) is 0 Å². The molecule has 0 saturated carbocycles. The van der Waals surface area contributed by atoms with E-state index in [9.17, 15) is 8.42 Å². The number of hydrogen-bond donors (Lipinski definition) is 1. The van der Waals surface area contributed by atoms with Gasteiger partial charge in [0.1, 0.15) is 0 Å². The summed E-state index contributed by atoms with van der Waals surface area (Å²) in [4.78, 5) is 0. The molecule has 0 amide bonds. The number of nitrogens with one attached hydrogen (secondary N) is 1. The van der Waals surface area contributed by atoms with Crippen LogP contribution in [-0.4, -0.2) is 37.2 Å².